The summed E-state index contributed by atoms with van der Waals surface area (Å²) in [5, 5.41) is 6.88. The topological polar surface area (TPSA) is 76.0 Å². The number of unbranched alkanes of at least 4 members (excludes halogenated alkanes) is 1. The van der Waals surface area contributed by atoms with Crippen LogP contribution < -0.4 is 10.6 Å². The molecule has 2 N–H and O–H groups in total. The van der Waals surface area contributed by atoms with Crippen LogP contribution in [0.5, 0.6) is 0 Å². The highest BCUT2D eigenvalue weighted by Crippen LogP contribution is 2.23. The quantitative estimate of drug-likeness (QED) is 0.568. The van der Waals surface area contributed by atoms with E-state index in [9.17, 15) is 9.59 Å². The molecule has 1 fully saturated rings. The molecule has 1 aromatic heterocycles. The fraction of sp³-hybridized carbons (Fsp3) is 0.522. The number of hydrogen-bond acceptors (Lipinski definition) is 4. The molecule has 0 spiro atoms. The fourth-order valence-electron chi connectivity index (χ4n) is 3.75. The van der Waals surface area contributed by atoms with Crippen molar-refractivity contribution in [3.05, 3.63) is 41.2 Å². The molecule has 0 radical (unpaired) electrons. The number of nitrogens with zero attached hydrogens (tertiary/aromatic N) is 2. The smallest absolute Gasteiger partial charge is 0.253 e. The average Bonchev–Trinajstić information content (AvgIpc) is 3.33. The van der Waals surface area contributed by atoms with E-state index in [2.05, 4.69) is 34.0 Å². The maximum Gasteiger partial charge on any atom is 0.253 e. The maximum absolute atomic E-state index is 12.7. The van der Waals surface area contributed by atoms with Gasteiger partial charge in [-0.25, -0.2) is 4.98 Å². The number of carbonyl (C=O) groups is 2. The van der Waals surface area contributed by atoms with Crippen LogP contribution in [0.15, 0.2) is 29.4 Å². The molecular formula is C23H32N4O2S. The van der Waals surface area contributed by atoms with Gasteiger partial charge in [0.1, 0.15) is 0 Å². The molecule has 1 aliphatic rings. The molecule has 0 unspecified atom stereocenters. The Kier molecular flexibility index (Phi) is 7.96. The Morgan fingerprint density at radius 1 is 1.20 bits per heavy atom. The van der Waals surface area contributed by atoms with E-state index in [0.717, 1.165) is 61.6 Å². The number of imidazole rings is 1. The summed E-state index contributed by atoms with van der Waals surface area (Å²) in [6, 6.07) is 7.44. The summed E-state index contributed by atoms with van der Waals surface area (Å²) < 4.78 is 2.19. The molecule has 0 saturated heterocycles. The summed E-state index contributed by atoms with van der Waals surface area (Å²) in [6.07, 6.45) is 6.57. The molecule has 0 aliphatic heterocycles. The second-order valence-corrected chi connectivity index (χ2v) is 8.85. The molecule has 0 bridgehead atoms. The number of aromatic nitrogens is 2. The van der Waals surface area contributed by atoms with Gasteiger partial charge in [-0.2, -0.15) is 0 Å². The lowest BCUT2D eigenvalue weighted by atomic mass is 10.1. The van der Waals surface area contributed by atoms with Gasteiger partial charge in [0.15, 0.2) is 5.16 Å². The van der Waals surface area contributed by atoms with Gasteiger partial charge in [0.25, 0.3) is 5.91 Å². The molecule has 2 amide bonds. The van der Waals surface area contributed by atoms with Crippen molar-refractivity contribution in [2.45, 2.75) is 77.0 Å². The minimum Gasteiger partial charge on any atom is -0.349 e. The minimum absolute atomic E-state index is 0.119. The molecule has 2 aromatic rings. The molecule has 0 atom stereocenters. The first-order valence-electron chi connectivity index (χ1n) is 10.9. The number of benzene rings is 1. The molecule has 3 rings (SSSR count). The van der Waals surface area contributed by atoms with Gasteiger partial charge < -0.3 is 15.2 Å². The van der Waals surface area contributed by atoms with Gasteiger partial charge in [-0.1, -0.05) is 50.1 Å². The summed E-state index contributed by atoms with van der Waals surface area (Å²) in [5.74, 6) is -0.00563. The Labute approximate surface area is 183 Å². The molecule has 1 saturated carbocycles. The van der Waals surface area contributed by atoms with Crippen LogP contribution in [0.25, 0.3) is 0 Å². The third-order valence-corrected chi connectivity index (χ3v) is 6.60. The molecule has 30 heavy (non-hydrogen) atoms. The van der Waals surface area contributed by atoms with E-state index in [-0.39, 0.29) is 23.6 Å². The molecular weight excluding hydrogens is 396 g/mol. The first-order valence-corrected chi connectivity index (χ1v) is 11.8. The van der Waals surface area contributed by atoms with Gasteiger partial charge in [0.05, 0.1) is 22.7 Å². The fourth-order valence-corrected chi connectivity index (χ4v) is 4.67. The van der Waals surface area contributed by atoms with Crippen LogP contribution in [0.1, 0.15) is 67.2 Å². The van der Waals surface area contributed by atoms with E-state index in [4.69, 9.17) is 0 Å². The van der Waals surface area contributed by atoms with Crippen molar-refractivity contribution >= 4 is 29.3 Å². The summed E-state index contributed by atoms with van der Waals surface area (Å²) in [7, 11) is 0. The van der Waals surface area contributed by atoms with Gasteiger partial charge >= 0.3 is 0 Å². The van der Waals surface area contributed by atoms with E-state index < -0.39 is 0 Å². The predicted octanol–water partition coefficient (Wildman–Crippen LogP) is 4.70. The second-order valence-electron chi connectivity index (χ2n) is 7.91. The molecule has 6 nitrogen and oxygen atoms in total. The second kappa shape index (κ2) is 10.7. The zero-order valence-electron chi connectivity index (χ0n) is 18.2. The Morgan fingerprint density at radius 2 is 1.93 bits per heavy atom. The number of anilines is 1. The number of carbonyl (C=O) groups excluding carboxylic acids is 2. The van der Waals surface area contributed by atoms with Gasteiger partial charge in [-0.15, -0.1) is 0 Å². The van der Waals surface area contributed by atoms with E-state index >= 15 is 0 Å². The minimum atomic E-state index is -0.138. The first kappa shape index (κ1) is 22.4. The first-order chi connectivity index (χ1) is 14.5. The van der Waals surface area contributed by atoms with Crippen LogP contribution in [0.4, 0.5) is 5.69 Å². The lowest BCUT2D eigenvalue weighted by Crippen LogP contribution is -2.33. The van der Waals surface area contributed by atoms with Crippen molar-refractivity contribution in [1.82, 2.24) is 14.9 Å². The van der Waals surface area contributed by atoms with Crippen LogP contribution in [0, 0.1) is 13.8 Å². The number of hydrogen-bond donors (Lipinski definition) is 2. The highest BCUT2D eigenvalue weighted by Gasteiger charge is 2.20. The normalized spacial score (nSPS) is 14.1. The Morgan fingerprint density at radius 3 is 2.67 bits per heavy atom. The third kappa shape index (κ3) is 5.65. The van der Waals surface area contributed by atoms with Crippen LogP contribution in [-0.2, 0) is 11.3 Å². The van der Waals surface area contributed by atoms with Crippen LogP contribution in [0.2, 0.25) is 0 Å². The van der Waals surface area contributed by atoms with Crippen molar-refractivity contribution in [3.8, 4) is 0 Å². The monoisotopic (exact) mass is 428 g/mol. The third-order valence-electron chi connectivity index (χ3n) is 5.63. The van der Waals surface area contributed by atoms with Gasteiger partial charge in [-0.05, 0) is 45.2 Å². The molecule has 1 aliphatic carbocycles. The lowest BCUT2D eigenvalue weighted by molar-refractivity contribution is -0.113. The van der Waals surface area contributed by atoms with E-state index in [0.29, 0.717) is 11.3 Å². The van der Waals surface area contributed by atoms with E-state index in [1.165, 1.54) is 11.8 Å². The standard InChI is InChI=1S/C23H32N4O2S/c1-4-5-14-27-17(3)16(2)24-23(27)30-15-21(28)26-20-13-9-8-12-19(20)22(29)25-18-10-6-7-11-18/h8-9,12-13,18H,4-7,10-11,14-15H2,1-3H3,(H,25,29)(H,26,28). The van der Waals surface area contributed by atoms with Gasteiger partial charge in [-0.3, -0.25) is 9.59 Å². The SMILES string of the molecule is CCCCn1c(SCC(=O)Nc2ccccc2C(=O)NC2CCCC2)nc(C)c1C. The van der Waals surface area contributed by atoms with Crippen molar-refractivity contribution in [3.63, 3.8) is 0 Å². The summed E-state index contributed by atoms with van der Waals surface area (Å²) in [4.78, 5) is 29.9. The van der Waals surface area contributed by atoms with E-state index in [1.54, 1.807) is 12.1 Å². The summed E-state index contributed by atoms with van der Waals surface area (Å²) in [5.41, 5.74) is 3.22. The van der Waals surface area contributed by atoms with Gasteiger partial charge in [0, 0.05) is 18.3 Å². The van der Waals surface area contributed by atoms with Crippen LogP contribution in [0.3, 0.4) is 0 Å². The van der Waals surface area contributed by atoms with Crippen molar-refractivity contribution in [2.24, 2.45) is 0 Å². The maximum atomic E-state index is 12.7. The molecule has 1 heterocycles. The number of para-hydroxylation sites is 1. The Hall–Kier alpha value is -2.28. The highest BCUT2D eigenvalue weighted by molar-refractivity contribution is 7.99. The van der Waals surface area contributed by atoms with Crippen LogP contribution >= 0.6 is 11.8 Å². The number of rotatable bonds is 9. The van der Waals surface area contributed by atoms with E-state index in [1.807, 2.05) is 19.1 Å². The zero-order chi connectivity index (χ0) is 21.5. The van der Waals surface area contributed by atoms with Crippen molar-refractivity contribution < 1.29 is 9.59 Å². The molecule has 162 valence electrons. The summed E-state index contributed by atoms with van der Waals surface area (Å²) in [6.45, 7) is 7.15. The Balaban J connectivity index is 1.62. The number of nitrogens with one attached hydrogen (secondary N) is 2. The Bertz CT molecular complexity index is 887. The van der Waals surface area contributed by atoms with Crippen LogP contribution in [-0.4, -0.2) is 33.2 Å². The number of amides is 2. The van der Waals surface area contributed by atoms with Gasteiger partial charge in [0.2, 0.25) is 5.91 Å². The lowest BCUT2D eigenvalue weighted by Gasteiger charge is -2.15. The van der Waals surface area contributed by atoms with Crippen molar-refractivity contribution in [1.29, 1.82) is 0 Å². The molecule has 1 aromatic carbocycles. The number of aryl methyl sites for hydroxylation is 1. The predicted molar refractivity (Wildman–Crippen MR) is 122 cm³/mol. The largest absolute Gasteiger partial charge is 0.349 e. The van der Waals surface area contributed by atoms with Crippen molar-refractivity contribution in [2.75, 3.05) is 11.1 Å². The average molecular weight is 429 g/mol. The zero-order valence-corrected chi connectivity index (χ0v) is 19.0. The molecule has 7 heteroatoms. The summed E-state index contributed by atoms with van der Waals surface area (Å²) >= 11 is 1.44. The highest BCUT2D eigenvalue weighted by atomic mass is 32.2. The number of thioether (sulfide) groups is 1.